The minimum absolute atomic E-state index is 0.0159. The number of rotatable bonds is 24. The highest BCUT2D eigenvalue weighted by atomic mass is 35.5. The fraction of sp³-hybridized carbons (Fsp3) is 0.532. The van der Waals surface area contributed by atoms with E-state index in [0.717, 1.165) is 83.5 Å². The van der Waals surface area contributed by atoms with Gasteiger partial charge in [0.15, 0.2) is 9.84 Å². The fourth-order valence-electron chi connectivity index (χ4n) is 10.8. The van der Waals surface area contributed by atoms with Crippen molar-refractivity contribution >= 4 is 56.4 Å². The van der Waals surface area contributed by atoms with Gasteiger partial charge in [-0.25, -0.2) is 23.4 Å². The first-order valence-electron chi connectivity index (χ1n) is 28.4. The van der Waals surface area contributed by atoms with E-state index >= 15 is 0 Å². The monoisotopic (exact) mass is 1150 g/mol. The highest BCUT2D eigenvalue weighted by Crippen LogP contribution is 2.37. The number of β-amino-alcohol motifs (C(OH)–C–C–N with tert-alkyl or cyclic N) is 1. The van der Waals surface area contributed by atoms with Gasteiger partial charge in [0.2, 0.25) is 23.6 Å². The Morgan fingerprint density at radius 2 is 1.55 bits per heavy atom. The number of unbranched alkanes of at least 4 members (excludes halogenated alkanes) is 5. The summed E-state index contributed by atoms with van der Waals surface area (Å²) in [5.41, 5.74) is 8.60. The van der Waals surface area contributed by atoms with Crippen LogP contribution >= 0.6 is 22.9 Å². The number of thiazole rings is 1. The molecule has 4 heterocycles. The second-order valence-electron chi connectivity index (χ2n) is 23.3. The van der Waals surface area contributed by atoms with Crippen molar-refractivity contribution in [3.63, 3.8) is 0 Å². The van der Waals surface area contributed by atoms with Crippen LogP contribution < -0.4 is 15.4 Å². The molecule has 3 N–H and O–H groups in total. The van der Waals surface area contributed by atoms with Gasteiger partial charge in [-0.2, -0.15) is 0 Å². The quantitative estimate of drug-likeness (QED) is 0.0497. The van der Waals surface area contributed by atoms with Crippen molar-refractivity contribution in [2.24, 2.45) is 5.41 Å². The smallest absolute Gasteiger partial charge is 0.246 e. The molecule has 5 aromatic rings. The number of nitrogens with one attached hydrogen (secondary N) is 2. The number of piperidine rings is 1. The van der Waals surface area contributed by atoms with Crippen LogP contribution in [0.4, 0.5) is 0 Å². The van der Waals surface area contributed by atoms with Crippen LogP contribution in [0.5, 0.6) is 5.75 Å². The average molecular weight is 1150 g/mol. The van der Waals surface area contributed by atoms with Gasteiger partial charge in [0, 0.05) is 70.0 Å². The molecule has 432 valence electrons. The SMILES string of the molecule is Cc1cc(Cc2ncc(Cl)c(Cc3ccccc3S(=O)(=O)C(C)C)n2)c(OC(C)C)cc1C1CCN(C(=O)CCCCCCCCC(=O)N[C@H](C(=O)N2C[C@H](O)C[C@H]2C(=O)NCc2ccc(-c3scnc3C)cc2)C(C)(C)C)CC1. The summed E-state index contributed by atoms with van der Waals surface area (Å²) in [6.45, 7) is 18.8. The number of benzene rings is 3. The van der Waals surface area contributed by atoms with Crippen LogP contribution in [0.1, 0.15) is 170 Å². The van der Waals surface area contributed by atoms with Crippen LogP contribution in [-0.4, -0.2) is 111 Å². The van der Waals surface area contributed by atoms with E-state index in [0.29, 0.717) is 54.5 Å². The van der Waals surface area contributed by atoms with Gasteiger partial charge in [0.05, 0.1) is 49.2 Å². The molecule has 0 radical (unpaired) electrons. The van der Waals surface area contributed by atoms with Crippen molar-refractivity contribution in [3.8, 4) is 16.2 Å². The van der Waals surface area contributed by atoms with E-state index in [2.05, 4.69) is 39.7 Å². The number of amides is 4. The molecular formula is C62H82ClN7O8S2. The second kappa shape index (κ2) is 27.8. The third kappa shape index (κ3) is 16.2. The average Bonchev–Trinajstić information content (AvgIpc) is 4.04. The summed E-state index contributed by atoms with van der Waals surface area (Å²) in [5, 5.41) is 16.4. The Bertz CT molecular complexity index is 3060. The van der Waals surface area contributed by atoms with E-state index in [-0.39, 0.29) is 72.9 Å². The largest absolute Gasteiger partial charge is 0.491 e. The number of aromatic nitrogens is 3. The summed E-state index contributed by atoms with van der Waals surface area (Å²) in [4.78, 5) is 72.9. The zero-order valence-corrected chi connectivity index (χ0v) is 50.5. The molecule has 3 atom stereocenters. The van der Waals surface area contributed by atoms with Gasteiger partial charge >= 0.3 is 0 Å². The van der Waals surface area contributed by atoms with Gasteiger partial charge in [-0.3, -0.25) is 19.2 Å². The van der Waals surface area contributed by atoms with Crippen LogP contribution in [0.15, 0.2) is 77.3 Å². The summed E-state index contributed by atoms with van der Waals surface area (Å²) in [5.74, 6) is 0.840. The molecule has 2 aliphatic rings. The van der Waals surface area contributed by atoms with Gasteiger partial charge < -0.3 is 30.3 Å². The first kappa shape index (κ1) is 61.9. The molecule has 7 rings (SSSR count). The summed E-state index contributed by atoms with van der Waals surface area (Å²) < 4.78 is 32.8. The number of halogens is 1. The van der Waals surface area contributed by atoms with Gasteiger partial charge in [-0.15, -0.1) is 11.3 Å². The van der Waals surface area contributed by atoms with Crippen molar-refractivity contribution in [1.29, 1.82) is 0 Å². The summed E-state index contributed by atoms with van der Waals surface area (Å²) in [6, 6.07) is 17.5. The Morgan fingerprint density at radius 3 is 2.20 bits per heavy atom. The number of nitrogens with zero attached hydrogens (tertiary/aromatic N) is 5. The van der Waals surface area contributed by atoms with Crippen LogP contribution in [0.3, 0.4) is 0 Å². The lowest BCUT2D eigenvalue weighted by atomic mass is 9.85. The van der Waals surface area contributed by atoms with Crippen molar-refractivity contribution < 1.29 is 37.4 Å². The Kier molecular flexibility index (Phi) is 21.5. The molecule has 2 fully saturated rings. The molecule has 2 aromatic heterocycles. The Morgan fingerprint density at radius 1 is 0.875 bits per heavy atom. The van der Waals surface area contributed by atoms with E-state index in [1.165, 1.54) is 10.5 Å². The van der Waals surface area contributed by atoms with Crippen molar-refractivity contribution in [3.05, 3.63) is 122 Å². The lowest BCUT2D eigenvalue weighted by molar-refractivity contribution is -0.144. The maximum atomic E-state index is 14.1. The number of ether oxygens (including phenoxy) is 1. The maximum Gasteiger partial charge on any atom is 0.246 e. The maximum absolute atomic E-state index is 14.1. The molecule has 0 saturated carbocycles. The fourth-order valence-corrected chi connectivity index (χ4v) is 13.0. The zero-order chi connectivity index (χ0) is 57.9. The molecule has 3 aromatic carbocycles. The van der Waals surface area contributed by atoms with Crippen LogP contribution in [0.2, 0.25) is 5.02 Å². The number of aliphatic hydroxyl groups is 1. The lowest BCUT2D eigenvalue weighted by Crippen LogP contribution is -2.57. The summed E-state index contributed by atoms with van der Waals surface area (Å²) in [7, 11) is -3.52. The van der Waals surface area contributed by atoms with Crippen molar-refractivity contribution in [1.82, 2.24) is 35.4 Å². The minimum Gasteiger partial charge on any atom is -0.491 e. The number of sulfone groups is 1. The van der Waals surface area contributed by atoms with E-state index < -0.39 is 38.7 Å². The standard InChI is InChI=1S/C62H82ClN7O8S2/c1-39(2)78-53-34-49(41(5)30-47(53)32-55-64-36-50(63)51(67-55)31-46-18-16-17-19-54(46)80(76,77)40(3)4)44-26-28-69(29-27-44)57(73)21-15-13-11-10-12-14-20-56(72)68-59(62(7,8)9)61(75)70-37-48(71)33-52(70)60(74)65-35-43-22-24-45(25-23-43)58-42(6)66-38-79-58/h16-19,22-25,30,34,36,38-40,44,48,52,59,71H,10-15,20-21,26-29,31-33,35,37H2,1-9H3,(H,65,74)(H,68,72)/t48-,52+,59-/m1/s1. The molecule has 18 heteroatoms. The third-order valence-corrected chi connectivity index (χ3v) is 18.9. The van der Waals surface area contributed by atoms with E-state index in [9.17, 15) is 32.7 Å². The van der Waals surface area contributed by atoms with Gasteiger partial charge in [0.25, 0.3) is 0 Å². The number of likely N-dealkylation sites (tertiary alicyclic amines) is 2. The molecule has 0 spiro atoms. The second-order valence-corrected chi connectivity index (χ2v) is 27.1. The van der Waals surface area contributed by atoms with Crippen LogP contribution in [-0.2, 0) is 48.4 Å². The van der Waals surface area contributed by atoms with E-state index in [4.69, 9.17) is 21.3 Å². The number of aryl methyl sites for hydroxylation is 2. The molecule has 0 bridgehead atoms. The lowest BCUT2D eigenvalue weighted by Gasteiger charge is -2.35. The first-order valence-corrected chi connectivity index (χ1v) is 31.2. The summed E-state index contributed by atoms with van der Waals surface area (Å²) in [6.07, 6.45) is 9.05. The zero-order valence-electron chi connectivity index (χ0n) is 48.1. The molecule has 80 heavy (non-hydrogen) atoms. The molecule has 2 saturated heterocycles. The predicted octanol–water partition coefficient (Wildman–Crippen LogP) is 10.7. The van der Waals surface area contributed by atoms with Gasteiger partial charge in [-0.05, 0) is 119 Å². The van der Waals surface area contributed by atoms with Crippen LogP contribution in [0, 0.1) is 19.3 Å². The highest BCUT2D eigenvalue weighted by Gasteiger charge is 2.44. The van der Waals surface area contributed by atoms with Crippen LogP contribution in [0.25, 0.3) is 10.4 Å². The molecular weight excluding hydrogens is 1070 g/mol. The highest BCUT2D eigenvalue weighted by molar-refractivity contribution is 7.92. The first-order chi connectivity index (χ1) is 38.0. The number of hydrogen-bond donors (Lipinski definition) is 3. The molecule has 0 unspecified atom stereocenters. The topological polar surface area (TPSA) is 201 Å². The Hall–Kier alpha value is -5.75. The van der Waals surface area contributed by atoms with Crippen molar-refractivity contribution in [2.75, 3.05) is 19.6 Å². The van der Waals surface area contributed by atoms with Crippen molar-refractivity contribution in [2.45, 2.75) is 193 Å². The summed E-state index contributed by atoms with van der Waals surface area (Å²) >= 11 is 8.20. The third-order valence-electron chi connectivity index (χ3n) is 15.3. The van der Waals surface area contributed by atoms with Gasteiger partial charge in [0.1, 0.15) is 23.7 Å². The molecule has 4 amide bonds. The number of carbonyl (C=O) groups is 4. The Balaban J connectivity index is 0.820. The number of aliphatic hydroxyl groups excluding tert-OH is 1. The van der Waals surface area contributed by atoms with E-state index in [1.807, 2.05) is 82.3 Å². The van der Waals surface area contributed by atoms with Gasteiger partial charge in [-0.1, -0.05) is 107 Å². The number of carbonyl (C=O) groups excluding carboxylic acids is 4. The van der Waals surface area contributed by atoms with E-state index in [1.54, 1.807) is 49.6 Å². The minimum atomic E-state index is -3.52. The predicted molar refractivity (Wildman–Crippen MR) is 315 cm³/mol. The number of hydrogen-bond acceptors (Lipinski definition) is 12. The molecule has 15 nitrogen and oxygen atoms in total. The molecule has 0 aliphatic carbocycles. The molecule has 2 aliphatic heterocycles. The Labute approximate surface area is 483 Å². The normalized spacial score (nSPS) is 16.6.